The summed E-state index contributed by atoms with van der Waals surface area (Å²) < 4.78 is 0. The summed E-state index contributed by atoms with van der Waals surface area (Å²) in [6, 6.07) is 0.240. The van der Waals surface area contributed by atoms with Gasteiger partial charge in [0.05, 0.1) is 0 Å². The Morgan fingerprint density at radius 3 is 2.47 bits per heavy atom. The van der Waals surface area contributed by atoms with E-state index in [0.29, 0.717) is 6.54 Å². The maximum atomic E-state index is 12.3. The average molecular weight is 259 g/mol. The molecule has 3 nitrogen and oxygen atoms in total. The fourth-order valence-electron chi connectivity index (χ4n) is 2.31. The van der Waals surface area contributed by atoms with Gasteiger partial charge in [-0.1, -0.05) is 12.2 Å². The third-order valence-electron chi connectivity index (χ3n) is 3.18. The van der Waals surface area contributed by atoms with Crippen LogP contribution in [-0.4, -0.2) is 29.9 Å². The molecule has 2 N–H and O–H groups in total. The Hall–Kier alpha value is -0.800. The number of hydrogen-bond donors (Lipinski definition) is 1. The second-order valence-corrected chi connectivity index (χ2v) is 4.31. The molecule has 1 unspecified atom stereocenters. The van der Waals surface area contributed by atoms with Crippen molar-refractivity contribution in [2.45, 2.75) is 31.7 Å². The normalized spacial score (nSPS) is 18.9. The summed E-state index contributed by atoms with van der Waals surface area (Å²) in [5.41, 5.74) is 5.68. The molecule has 0 aliphatic carbocycles. The zero-order valence-electron chi connectivity index (χ0n) is 10.3. The first-order chi connectivity index (χ1) is 7.74. The predicted octanol–water partition coefficient (Wildman–Crippen LogP) is 2.13. The largest absolute Gasteiger partial charge is 0.338 e. The number of amides is 1. The van der Waals surface area contributed by atoms with Gasteiger partial charge < -0.3 is 10.6 Å². The van der Waals surface area contributed by atoms with Crippen LogP contribution in [0.5, 0.6) is 0 Å². The van der Waals surface area contributed by atoms with E-state index in [1.165, 1.54) is 0 Å². The van der Waals surface area contributed by atoms with Gasteiger partial charge in [0, 0.05) is 25.0 Å². The third kappa shape index (κ3) is 4.17. The summed E-state index contributed by atoms with van der Waals surface area (Å²) in [6.45, 7) is 8.83. The number of nitrogens with two attached hydrogens (primary N) is 1. The Bertz CT molecular complexity index is 258. The van der Waals surface area contributed by atoms with Gasteiger partial charge in [0.2, 0.25) is 5.91 Å². The van der Waals surface area contributed by atoms with E-state index in [0.717, 1.165) is 32.2 Å². The molecule has 17 heavy (non-hydrogen) atoms. The Morgan fingerprint density at radius 1 is 1.41 bits per heavy atom. The van der Waals surface area contributed by atoms with E-state index >= 15 is 0 Å². The summed E-state index contributed by atoms with van der Waals surface area (Å²) in [4.78, 5) is 14.2. The van der Waals surface area contributed by atoms with Crippen molar-refractivity contribution >= 4 is 18.3 Å². The summed E-state index contributed by atoms with van der Waals surface area (Å²) in [7, 11) is 0. The molecule has 0 aromatic heterocycles. The van der Waals surface area contributed by atoms with Gasteiger partial charge in [0.15, 0.2) is 0 Å². The molecule has 1 aliphatic rings. The van der Waals surface area contributed by atoms with Crippen molar-refractivity contribution in [2.24, 2.45) is 11.7 Å². The van der Waals surface area contributed by atoms with Gasteiger partial charge in [-0.05, 0) is 25.7 Å². The quantitative estimate of drug-likeness (QED) is 0.742. The number of halogens is 1. The first-order valence-electron chi connectivity index (χ1n) is 5.97. The molecule has 1 atom stereocenters. The first-order valence-corrected chi connectivity index (χ1v) is 5.97. The molecule has 1 aliphatic heterocycles. The Balaban J connectivity index is 0.00000256. The Morgan fingerprint density at radius 2 is 2.00 bits per heavy atom. The van der Waals surface area contributed by atoms with Gasteiger partial charge in [-0.25, -0.2) is 0 Å². The van der Waals surface area contributed by atoms with Gasteiger partial charge >= 0.3 is 0 Å². The molecular weight excluding hydrogens is 236 g/mol. The molecule has 0 spiro atoms. The van der Waals surface area contributed by atoms with Crippen LogP contribution in [0, 0.1) is 5.92 Å². The maximum Gasteiger partial charge on any atom is 0.226 e. The molecule has 1 saturated heterocycles. The Labute approximate surface area is 110 Å². The van der Waals surface area contributed by atoms with E-state index in [4.69, 9.17) is 5.73 Å². The number of allylic oxidation sites excluding steroid dienone is 2. The molecule has 0 aromatic rings. The van der Waals surface area contributed by atoms with Gasteiger partial charge in [0.1, 0.15) is 0 Å². The summed E-state index contributed by atoms with van der Waals surface area (Å²) in [5, 5.41) is 0. The molecule has 0 bridgehead atoms. The minimum Gasteiger partial charge on any atom is -0.338 e. The highest BCUT2D eigenvalue weighted by Gasteiger charge is 2.30. The standard InChI is InChI=1S/C13H22N2O.ClH/c1-3-6-11(7-4-2)13(16)15-9-5-8-12(15)10-14;/h3-4,11-12H,1-2,5-10,14H2;1H. The number of hydrogen-bond acceptors (Lipinski definition) is 2. The highest BCUT2D eigenvalue weighted by Crippen LogP contribution is 2.22. The van der Waals surface area contributed by atoms with Crippen molar-refractivity contribution in [2.75, 3.05) is 13.1 Å². The molecule has 1 fully saturated rings. The summed E-state index contributed by atoms with van der Waals surface area (Å²) in [6.07, 6.45) is 7.16. The average Bonchev–Trinajstić information content (AvgIpc) is 2.75. The smallest absolute Gasteiger partial charge is 0.226 e. The molecule has 1 amide bonds. The molecule has 1 rings (SSSR count). The number of carbonyl (C=O) groups is 1. The van der Waals surface area contributed by atoms with Gasteiger partial charge in [-0.15, -0.1) is 25.6 Å². The maximum absolute atomic E-state index is 12.3. The summed E-state index contributed by atoms with van der Waals surface area (Å²) in [5.74, 6) is 0.218. The van der Waals surface area contributed by atoms with Gasteiger partial charge in [-0.3, -0.25) is 4.79 Å². The number of carbonyl (C=O) groups excluding carboxylic acids is 1. The van der Waals surface area contributed by atoms with E-state index in [1.807, 2.05) is 4.90 Å². The minimum absolute atomic E-state index is 0. The fourth-order valence-corrected chi connectivity index (χ4v) is 2.31. The molecule has 1 heterocycles. The minimum atomic E-state index is 0. The Kier molecular flexibility index (Phi) is 7.92. The zero-order valence-corrected chi connectivity index (χ0v) is 11.1. The lowest BCUT2D eigenvalue weighted by Gasteiger charge is -2.27. The number of nitrogens with zero attached hydrogens (tertiary/aromatic N) is 1. The molecule has 0 saturated carbocycles. The lowest BCUT2D eigenvalue weighted by atomic mass is 9.99. The van der Waals surface area contributed by atoms with Crippen LogP contribution in [0.2, 0.25) is 0 Å². The molecule has 0 aromatic carbocycles. The van der Waals surface area contributed by atoms with Crippen molar-refractivity contribution in [3.8, 4) is 0 Å². The van der Waals surface area contributed by atoms with Crippen LogP contribution in [0.1, 0.15) is 25.7 Å². The van der Waals surface area contributed by atoms with Crippen molar-refractivity contribution < 1.29 is 4.79 Å². The van der Waals surface area contributed by atoms with Crippen LogP contribution in [0.3, 0.4) is 0 Å². The molecule has 0 radical (unpaired) electrons. The van der Waals surface area contributed by atoms with Crippen LogP contribution in [0.15, 0.2) is 25.3 Å². The van der Waals surface area contributed by atoms with E-state index in [2.05, 4.69) is 13.2 Å². The SMILES string of the molecule is C=CCC(CC=C)C(=O)N1CCCC1CN.Cl. The third-order valence-corrected chi connectivity index (χ3v) is 3.18. The van der Waals surface area contributed by atoms with E-state index in [-0.39, 0.29) is 30.3 Å². The molecule has 4 heteroatoms. The van der Waals surface area contributed by atoms with Crippen molar-refractivity contribution in [3.05, 3.63) is 25.3 Å². The highest BCUT2D eigenvalue weighted by molar-refractivity contribution is 5.85. The van der Waals surface area contributed by atoms with Gasteiger partial charge in [0.25, 0.3) is 0 Å². The van der Waals surface area contributed by atoms with Crippen LogP contribution in [0.25, 0.3) is 0 Å². The lowest BCUT2D eigenvalue weighted by molar-refractivity contribution is -0.136. The first kappa shape index (κ1) is 16.2. The number of rotatable bonds is 6. The predicted molar refractivity (Wildman–Crippen MR) is 74.2 cm³/mol. The van der Waals surface area contributed by atoms with Crippen molar-refractivity contribution in [3.63, 3.8) is 0 Å². The van der Waals surface area contributed by atoms with Crippen LogP contribution >= 0.6 is 12.4 Å². The van der Waals surface area contributed by atoms with Gasteiger partial charge in [-0.2, -0.15) is 0 Å². The highest BCUT2D eigenvalue weighted by atomic mass is 35.5. The molecular formula is C13H23ClN2O. The van der Waals surface area contributed by atoms with Crippen molar-refractivity contribution in [1.82, 2.24) is 4.90 Å². The second-order valence-electron chi connectivity index (χ2n) is 4.31. The monoisotopic (exact) mass is 258 g/mol. The molecule has 98 valence electrons. The topological polar surface area (TPSA) is 46.3 Å². The van der Waals surface area contributed by atoms with E-state index in [9.17, 15) is 4.79 Å². The van der Waals surface area contributed by atoms with E-state index in [1.54, 1.807) is 12.2 Å². The van der Waals surface area contributed by atoms with Crippen LogP contribution < -0.4 is 5.73 Å². The zero-order chi connectivity index (χ0) is 12.0. The van der Waals surface area contributed by atoms with Crippen LogP contribution in [-0.2, 0) is 4.79 Å². The second kappa shape index (κ2) is 8.31. The number of likely N-dealkylation sites (tertiary alicyclic amines) is 1. The van der Waals surface area contributed by atoms with Crippen molar-refractivity contribution in [1.29, 1.82) is 0 Å². The lowest BCUT2D eigenvalue weighted by Crippen LogP contribution is -2.42. The van der Waals surface area contributed by atoms with Crippen LogP contribution in [0.4, 0.5) is 0 Å². The van der Waals surface area contributed by atoms with E-state index < -0.39 is 0 Å². The summed E-state index contributed by atoms with van der Waals surface area (Å²) >= 11 is 0. The fraction of sp³-hybridized carbons (Fsp3) is 0.615.